The number of carbonyl (C=O) groups excluding carboxylic acids is 1. The molecule has 9 nitrogen and oxygen atoms in total. The molecule has 0 radical (unpaired) electrons. The van der Waals surface area contributed by atoms with E-state index in [1.807, 2.05) is 25.1 Å². The minimum absolute atomic E-state index is 0.0397. The van der Waals surface area contributed by atoms with E-state index in [1.165, 1.54) is 4.90 Å². The van der Waals surface area contributed by atoms with E-state index in [9.17, 15) is 18.8 Å². The number of benzene rings is 2. The molecule has 1 amide bonds. The molecule has 242 valence electrons. The van der Waals surface area contributed by atoms with Crippen LogP contribution in [0.15, 0.2) is 48.6 Å². The fourth-order valence-corrected chi connectivity index (χ4v) is 7.29. The maximum Gasteiger partial charge on any atom is 0.318 e. The third-order valence-electron chi connectivity index (χ3n) is 9.46. The Balaban J connectivity index is 1.34. The first-order valence-electron chi connectivity index (χ1n) is 15.7. The number of anilines is 2. The van der Waals surface area contributed by atoms with Crippen molar-refractivity contribution in [3.05, 3.63) is 64.8 Å². The van der Waals surface area contributed by atoms with E-state index >= 15 is 0 Å². The van der Waals surface area contributed by atoms with Crippen LogP contribution >= 0.6 is 11.6 Å². The molecule has 0 aliphatic carbocycles. The molecule has 1 aromatic heterocycles. The van der Waals surface area contributed by atoms with Crippen LogP contribution in [0.1, 0.15) is 37.4 Å². The molecular formula is C34H38ClF2N7O2. The topological polar surface area (TPSA) is 88.8 Å². The predicted molar refractivity (Wildman–Crippen MR) is 175 cm³/mol. The van der Waals surface area contributed by atoms with Crippen LogP contribution in [0.2, 0.25) is 5.02 Å². The summed E-state index contributed by atoms with van der Waals surface area (Å²) < 4.78 is 32.0. The third kappa shape index (κ3) is 6.46. The Bertz CT molecular complexity index is 1680. The second-order valence-corrected chi connectivity index (χ2v) is 13.0. The van der Waals surface area contributed by atoms with Gasteiger partial charge in [-0.15, -0.1) is 0 Å². The first-order chi connectivity index (χ1) is 22.2. The number of aromatic nitrogens is 2. The van der Waals surface area contributed by atoms with E-state index in [2.05, 4.69) is 46.0 Å². The maximum absolute atomic E-state index is 13.0. The minimum atomic E-state index is -2.73. The fraction of sp³-hybridized carbons (Fsp3) is 0.471. The molecule has 3 aliphatic rings. The maximum atomic E-state index is 13.0. The van der Waals surface area contributed by atoms with Crippen LogP contribution < -0.4 is 14.5 Å². The van der Waals surface area contributed by atoms with Crippen LogP contribution in [-0.2, 0) is 17.8 Å². The molecule has 0 saturated carbocycles. The normalized spacial score (nSPS) is 22.1. The smallest absolute Gasteiger partial charge is 0.318 e. The summed E-state index contributed by atoms with van der Waals surface area (Å²) in [5.74, 6) is 0.200. The lowest BCUT2D eigenvalue weighted by Gasteiger charge is -2.48. The average molecular weight is 650 g/mol. The van der Waals surface area contributed by atoms with Crippen LogP contribution in [0.4, 0.5) is 20.3 Å². The van der Waals surface area contributed by atoms with Gasteiger partial charge in [0.15, 0.2) is 0 Å². The molecule has 2 atom stereocenters. The number of alkyl halides is 2. The van der Waals surface area contributed by atoms with Gasteiger partial charge in [-0.3, -0.25) is 4.79 Å². The Morgan fingerprint density at radius 2 is 1.98 bits per heavy atom. The van der Waals surface area contributed by atoms with E-state index in [0.717, 1.165) is 59.0 Å². The number of likely N-dealkylation sites (N-methyl/N-ethyl adjacent to an activating group) is 1. The van der Waals surface area contributed by atoms with Gasteiger partial charge in [0.25, 0.3) is 6.43 Å². The fourth-order valence-electron chi connectivity index (χ4n) is 7.01. The monoisotopic (exact) mass is 649 g/mol. The Morgan fingerprint density at radius 3 is 2.72 bits per heavy atom. The van der Waals surface area contributed by atoms with Gasteiger partial charge in [-0.1, -0.05) is 35.9 Å². The second-order valence-electron chi connectivity index (χ2n) is 12.6. The van der Waals surface area contributed by atoms with Crippen LogP contribution in [-0.4, -0.2) is 90.1 Å². The SMILES string of the molecule is CN1CCC[C@H]1COc1nc2c(c(N3CCN(C(=O)/C=C/C(F)F)[C@](C)(CC#N)C3)n1)CCN(c1cccc3cccc(Cl)c13)C2. The summed E-state index contributed by atoms with van der Waals surface area (Å²) in [5.41, 5.74) is 1.98. The first-order valence-corrected chi connectivity index (χ1v) is 16.1. The summed E-state index contributed by atoms with van der Waals surface area (Å²) in [6.07, 6.45) is 1.64. The van der Waals surface area contributed by atoms with E-state index in [0.29, 0.717) is 56.3 Å². The van der Waals surface area contributed by atoms with Crippen molar-refractivity contribution in [2.45, 2.75) is 57.2 Å². The number of nitrogens with zero attached hydrogens (tertiary/aromatic N) is 7. The highest BCUT2D eigenvalue weighted by Crippen LogP contribution is 2.38. The Kier molecular flexibility index (Phi) is 9.29. The molecule has 12 heteroatoms. The number of rotatable bonds is 8. The average Bonchev–Trinajstić information content (AvgIpc) is 3.46. The van der Waals surface area contributed by atoms with E-state index in [1.54, 1.807) is 0 Å². The molecule has 2 aromatic carbocycles. The number of amides is 1. The zero-order valence-electron chi connectivity index (χ0n) is 26.1. The number of allylic oxidation sites excluding steroid dienone is 1. The lowest BCUT2D eigenvalue weighted by atomic mass is 9.91. The van der Waals surface area contributed by atoms with E-state index in [-0.39, 0.29) is 19.0 Å². The summed E-state index contributed by atoms with van der Waals surface area (Å²) in [4.78, 5) is 31.0. The van der Waals surface area contributed by atoms with Gasteiger partial charge >= 0.3 is 6.01 Å². The number of hydrogen-bond donors (Lipinski definition) is 0. The molecule has 2 saturated heterocycles. The lowest BCUT2D eigenvalue weighted by Crippen LogP contribution is -2.62. The zero-order chi connectivity index (χ0) is 32.4. The van der Waals surface area contributed by atoms with Crippen molar-refractivity contribution in [2.24, 2.45) is 0 Å². The summed E-state index contributed by atoms with van der Waals surface area (Å²) in [6, 6.07) is 14.9. The quantitative estimate of drug-likeness (QED) is 0.297. The van der Waals surface area contributed by atoms with Gasteiger partial charge in [0.1, 0.15) is 12.4 Å². The summed E-state index contributed by atoms with van der Waals surface area (Å²) >= 11 is 6.70. The zero-order valence-corrected chi connectivity index (χ0v) is 26.9. The Labute approximate surface area is 273 Å². The standard InChI is InChI=1S/C34H38ClF2N7O2/c1-34(14-15-38)22-43(18-19-44(34)30(45)12-11-29(36)37)32-25-13-17-42(28-10-4-7-23-6-3-9-26(35)31(23)28)20-27(25)39-33(40-32)46-21-24-8-5-16-41(24)2/h3-4,6-7,9-12,24,29H,5,8,13-14,16-22H2,1-2H3/b12-11+/t24-,34+/m0/s1. The predicted octanol–water partition coefficient (Wildman–Crippen LogP) is 5.46. The Hall–Kier alpha value is -4.01. The van der Waals surface area contributed by atoms with Gasteiger partial charge in [-0.2, -0.15) is 15.2 Å². The minimum Gasteiger partial charge on any atom is -0.462 e. The summed E-state index contributed by atoms with van der Waals surface area (Å²) in [7, 11) is 2.10. The molecule has 0 N–H and O–H groups in total. The number of piperazine rings is 1. The van der Waals surface area contributed by atoms with Crippen molar-refractivity contribution in [3.63, 3.8) is 0 Å². The van der Waals surface area contributed by atoms with Crippen molar-refractivity contribution >= 4 is 39.8 Å². The molecule has 3 aromatic rings. The highest BCUT2D eigenvalue weighted by molar-refractivity contribution is 6.36. The van der Waals surface area contributed by atoms with Gasteiger partial charge in [-0.25, -0.2) is 8.78 Å². The van der Waals surface area contributed by atoms with Crippen LogP contribution in [0.25, 0.3) is 10.8 Å². The molecular weight excluding hydrogens is 612 g/mol. The molecule has 2 fully saturated rings. The second kappa shape index (κ2) is 13.4. The molecule has 6 rings (SSSR count). The largest absolute Gasteiger partial charge is 0.462 e. The van der Waals surface area contributed by atoms with Crippen molar-refractivity contribution in [1.82, 2.24) is 19.8 Å². The van der Waals surface area contributed by atoms with Crippen molar-refractivity contribution in [2.75, 3.05) is 56.2 Å². The highest BCUT2D eigenvalue weighted by atomic mass is 35.5. The van der Waals surface area contributed by atoms with Gasteiger partial charge < -0.3 is 24.3 Å². The number of fused-ring (bicyclic) bond motifs is 2. The number of carbonyl (C=O) groups is 1. The van der Waals surface area contributed by atoms with Gasteiger partial charge in [0, 0.05) is 54.9 Å². The number of ether oxygens (including phenoxy) is 1. The van der Waals surface area contributed by atoms with Gasteiger partial charge in [0.2, 0.25) is 5.91 Å². The summed E-state index contributed by atoms with van der Waals surface area (Å²) in [5, 5.41) is 12.5. The van der Waals surface area contributed by atoms with Crippen molar-refractivity contribution < 1.29 is 18.3 Å². The molecule has 4 heterocycles. The third-order valence-corrected chi connectivity index (χ3v) is 9.77. The molecule has 0 spiro atoms. The van der Waals surface area contributed by atoms with Crippen LogP contribution in [0.5, 0.6) is 6.01 Å². The summed E-state index contributed by atoms with van der Waals surface area (Å²) in [6.45, 7) is 5.56. The lowest BCUT2D eigenvalue weighted by molar-refractivity contribution is -0.132. The van der Waals surface area contributed by atoms with Crippen molar-refractivity contribution in [1.29, 1.82) is 5.26 Å². The number of likely N-dealkylation sites (tertiary alicyclic amines) is 1. The van der Waals surface area contributed by atoms with Gasteiger partial charge in [-0.05, 0) is 63.4 Å². The molecule has 46 heavy (non-hydrogen) atoms. The van der Waals surface area contributed by atoms with Gasteiger partial charge in [0.05, 0.1) is 35.3 Å². The van der Waals surface area contributed by atoms with Crippen LogP contribution in [0.3, 0.4) is 0 Å². The van der Waals surface area contributed by atoms with E-state index < -0.39 is 17.9 Å². The van der Waals surface area contributed by atoms with E-state index in [4.69, 9.17) is 26.3 Å². The number of nitriles is 1. The van der Waals surface area contributed by atoms with Crippen LogP contribution in [0, 0.1) is 11.3 Å². The number of halogens is 3. The first kappa shape index (κ1) is 32.0. The highest BCUT2D eigenvalue weighted by Gasteiger charge is 2.41. The number of hydrogen-bond acceptors (Lipinski definition) is 8. The molecule has 3 aliphatic heterocycles. The molecule has 0 unspecified atom stereocenters. The Morgan fingerprint density at radius 1 is 1.17 bits per heavy atom. The van der Waals surface area contributed by atoms with Crippen molar-refractivity contribution in [3.8, 4) is 12.1 Å². The molecule has 0 bridgehead atoms.